The lowest BCUT2D eigenvalue weighted by molar-refractivity contribution is -0.306. The second-order valence-electron chi connectivity index (χ2n) is 8.79. The van der Waals surface area contributed by atoms with Crippen molar-refractivity contribution in [3.8, 4) is 11.5 Å². The van der Waals surface area contributed by atoms with Gasteiger partial charge < -0.3 is 39.3 Å². The first-order chi connectivity index (χ1) is 15.0. The second-order valence-corrected chi connectivity index (χ2v) is 8.79. The molecule has 1 amide bonds. The van der Waals surface area contributed by atoms with E-state index in [1.165, 1.54) is 19.2 Å². The zero-order valence-corrected chi connectivity index (χ0v) is 18.2. The highest BCUT2D eigenvalue weighted by Gasteiger charge is 2.50. The number of fused-ring (bicyclic) bond motifs is 1. The Morgan fingerprint density at radius 2 is 1.91 bits per heavy atom. The molecule has 1 aliphatic carbocycles. The van der Waals surface area contributed by atoms with E-state index in [9.17, 15) is 24.9 Å². The highest BCUT2D eigenvalue weighted by atomic mass is 16.7. The SMILES string of the molecule is CO[C@@H]1[C@H](O)[C@@H](O)[C@H](Oc2ccc3c(O)c(NC(=O)C4CC4)c(=O)oc3c2C)OC1(C)C. The summed E-state index contributed by atoms with van der Waals surface area (Å²) in [5.41, 5.74) is -1.72. The average molecular weight is 449 g/mol. The van der Waals surface area contributed by atoms with Crippen LogP contribution in [-0.4, -0.2) is 58.5 Å². The summed E-state index contributed by atoms with van der Waals surface area (Å²) in [6, 6.07) is 2.99. The number of benzene rings is 1. The molecule has 1 saturated heterocycles. The highest BCUT2D eigenvalue weighted by molar-refractivity contribution is 5.99. The van der Waals surface area contributed by atoms with E-state index in [0.29, 0.717) is 5.56 Å². The number of hydrogen-bond acceptors (Lipinski definition) is 9. The van der Waals surface area contributed by atoms with Crippen molar-refractivity contribution in [1.82, 2.24) is 0 Å². The third-order valence-electron chi connectivity index (χ3n) is 5.98. The van der Waals surface area contributed by atoms with Crippen LogP contribution in [0.2, 0.25) is 0 Å². The molecule has 4 N–H and O–H groups in total. The van der Waals surface area contributed by atoms with Gasteiger partial charge in [0.25, 0.3) is 0 Å². The molecule has 174 valence electrons. The number of carbonyl (C=O) groups excluding carboxylic acids is 1. The normalized spacial score (nSPS) is 27.3. The zero-order valence-electron chi connectivity index (χ0n) is 18.2. The van der Waals surface area contributed by atoms with Gasteiger partial charge in [-0.2, -0.15) is 0 Å². The molecule has 2 heterocycles. The van der Waals surface area contributed by atoms with Gasteiger partial charge in [-0.05, 0) is 45.7 Å². The Labute approximate surface area is 183 Å². The van der Waals surface area contributed by atoms with Crippen LogP contribution in [0.5, 0.6) is 11.5 Å². The van der Waals surface area contributed by atoms with Crippen LogP contribution in [-0.2, 0) is 14.3 Å². The first-order valence-corrected chi connectivity index (χ1v) is 10.4. The van der Waals surface area contributed by atoms with Crippen LogP contribution < -0.4 is 15.7 Å². The number of anilines is 1. The van der Waals surface area contributed by atoms with Gasteiger partial charge in [0.2, 0.25) is 12.2 Å². The molecule has 0 spiro atoms. The molecule has 32 heavy (non-hydrogen) atoms. The molecule has 2 aromatic rings. The van der Waals surface area contributed by atoms with Gasteiger partial charge in [-0.25, -0.2) is 4.79 Å². The highest BCUT2D eigenvalue weighted by Crippen LogP contribution is 2.38. The molecule has 10 nitrogen and oxygen atoms in total. The Morgan fingerprint density at radius 1 is 1.22 bits per heavy atom. The van der Waals surface area contributed by atoms with Crippen molar-refractivity contribution in [3.63, 3.8) is 0 Å². The van der Waals surface area contributed by atoms with Crippen molar-refractivity contribution in [2.45, 2.75) is 63.8 Å². The molecule has 4 rings (SSSR count). The van der Waals surface area contributed by atoms with E-state index in [1.807, 2.05) is 0 Å². The number of aliphatic hydroxyl groups excluding tert-OH is 2. The Hall–Kier alpha value is -2.66. The standard InChI is InChI=1S/C22H27NO9/c1-9-12(30-21-16(26)15(25)18(29-4)22(2,3)32-21)8-7-11-14(24)13(20(28)31-17(9)11)23-19(27)10-5-6-10/h7-8,10,15-16,18,21,24-26H,5-6H2,1-4H3,(H,23,27)/t15-,16-,18-,21-/m1/s1. The molecular weight excluding hydrogens is 422 g/mol. The lowest BCUT2D eigenvalue weighted by atomic mass is 9.89. The fraction of sp³-hybridized carbons (Fsp3) is 0.545. The summed E-state index contributed by atoms with van der Waals surface area (Å²) < 4.78 is 22.3. The summed E-state index contributed by atoms with van der Waals surface area (Å²) in [7, 11) is 1.41. The fourth-order valence-corrected chi connectivity index (χ4v) is 4.00. The summed E-state index contributed by atoms with van der Waals surface area (Å²) in [6.07, 6.45) is -3.15. The first kappa shape index (κ1) is 22.5. The number of aromatic hydroxyl groups is 1. The number of carbonyl (C=O) groups is 1. The molecule has 0 radical (unpaired) electrons. The maximum Gasteiger partial charge on any atom is 0.364 e. The average Bonchev–Trinajstić information content (AvgIpc) is 3.57. The predicted molar refractivity (Wildman–Crippen MR) is 113 cm³/mol. The predicted octanol–water partition coefficient (Wildman–Crippen LogP) is 1.41. The monoisotopic (exact) mass is 449 g/mol. The molecule has 2 aliphatic rings. The van der Waals surface area contributed by atoms with Gasteiger partial charge >= 0.3 is 5.63 Å². The number of methoxy groups -OCH3 is 1. The molecule has 0 bridgehead atoms. The van der Waals surface area contributed by atoms with E-state index in [-0.39, 0.29) is 34.2 Å². The van der Waals surface area contributed by atoms with Crippen LogP contribution in [0.25, 0.3) is 11.0 Å². The van der Waals surface area contributed by atoms with Crippen molar-refractivity contribution in [3.05, 3.63) is 28.1 Å². The second kappa shape index (κ2) is 8.04. The van der Waals surface area contributed by atoms with Crippen LogP contribution in [0.3, 0.4) is 0 Å². The van der Waals surface area contributed by atoms with Gasteiger partial charge in [-0.1, -0.05) is 0 Å². The Balaban J connectivity index is 1.65. The Kier molecular flexibility index (Phi) is 5.66. The third-order valence-corrected chi connectivity index (χ3v) is 5.98. The van der Waals surface area contributed by atoms with E-state index < -0.39 is 41.6 Å². The van der Waals surface area contributed by atoms with Crippen molar-refractivity contribution in [1.29, 1.82) is 0 Å². The van der Waals surface area contributed by atoms with E-state index >= 15 is 0 Å². The van der Waals surface area contributed by atoms with Crippen LogP contribution in [0.15, 0.2) is 21.3 Å². The molecule has 0 unspecified atom stereocenters. The fourth-order valence-electron chi connectivity index (χ4n) is 4.00. The summed E-state index contributed by atoms with van der Waals surface area (Å²) in [6.45, 7) is 5.01. The Morgan fingerprint density at radius 3 is 2.53 bits per heavy atom. The lowest BCUT2D eigenvalue weighted by Crippen LogP contribution is -2.63. The van der Waals surface area contributed by atoms with E-state index in [2.05, 4.69) is 5.32 Å². The smallest absolute Gasteiger partial charge is 0.364 e. The molecule has 10 heteroatoms. The molecule has 1 aromatic heterocycles. The van der Waals surface area contributed by atoms with Gasteiger partial charge in [0.05, 0.1) is 11.0 Å². The number of nitrogens with one attached hydrogen (secondary N) is 1. The van der Waals surface area contributed by atoms with Gasteiger partial charge in [-0.15, -0.1) is 0 Å². The van der Waals surface area contributed by atoms with Gasteiger partial charge in [0, 0.05) is 18.6 Å². The van der Waals surface area contributed by atoms with Gasteiger partial charge in [0.1, 0.15) is 29.6 Å². The largest absolute Gasteiger partial charge is 0.505 e. The quantitative estimate of drug-likeness (QED) is 0.497. The zero-order chi connectivity index (χ0) is 23.4. The maximum atomic E-state index is 12.4. The van der Waals surface area contributed by atoms with Gasteiger partial charge in [-0.3, -0.25) is 4.79 Å². The van der Waals surface area contributed by atoms with Crippen molar-refractivity contribution in [2.24, 2.45) is 5.92 Å². The summed E-state index contributed by atoms with van der Waals surface area (Å²) in [4.78, 5) is 24.5. The summed E-state index contributed by atoms with van der Waals surface area (Å²) >= 11 is 0. The number of hydrogen-bond donors (Lipinski definition) is 4. The number of aryl methyl sites for hydroxylation is 1. The van der Waals surface area contributed by atoms with Crippen LogP contribution in [0.1, 0.15) is 32.3 Å². The first-order valence-electron chi connectivity index (χ1n) is 10.4. The van der Waals surface area contributed by atoms with Crippen molar-refractivity contribution in [2.75, 3.05) is 12.4 Å². The molecule has 1 saturated carbocycles. The summed E-state index contributed by atoms with van der Waals surface area (Å²) in [5, 5.41) is 34.1. The van der Waals surface area contributed by atoms with E-state index in [1.54, 1.807) is 20.8 Å². The number of rotatable bonds is 5. The molecule has 1 aliphatic heterocycles. The van der Waals surface area contributed by atoms with Crippen molar-refractivity contribution >= 4 is 22.6 Å². The maximum absolute atomic E-state index is 12.4. The minimum Gasteiger partial charge on any atom is -0.505 e. The summed E-state index contributed by atoms with van der Waals surface area (Å²) in [5.74, 6) is -0.657. The number of ether oxygens (including phenoxy) is 3. The van der Waals surface area contributed by atoms with E-state index in [0.717, 1.165) is 12.8 Å². The van der Waals surface area contributed by atoms with Crippen LogP contribution in [0.4, 0.5) is 5.69 Å². The topological polar surface area (TPSA) is 148 Å². The number of aliphatic hydroxyl groups is 2. The van der Waals surface area contributed by atoms with Gasteiger partial charge in [0.15, 0.2) is 11.4 Å². The van der Waals surface area contributed by atoms with E-state index in [4.69, 9.17) is 18.6 Å². The minimum atomic E-state index is -1.40. The molecular formula is C22H27NO9. The molecule has 2 fully saturated rings. The van der Waals surface area contributed by atoms with Crippen LogP contribution >= 0.6 is 0 Å². The van der Waals surface area contributed by atoms with Crippen LogP contribution in [0, 0.1) is 12.8 Å². The lowest BCUT2D eigenvalue weighted by Gasteiger charge is -2.46. The third kappa shape index (κ3) is 3.83. The minimum absolute atomic E-state index is 0.0642. The number of amides is 1. The molecule has 4 atom stereocenters. The van der Waals surface area contributed by atoms with Crippen molar-refractivity contribution < 1.29 is 38.7 Å². The molecule has 1 aromatic carbocycles. The Bertz CT molecular complexity index is 1100.